The lowest BCUT2D eigenvalue weighted by atomic mass is 10.1. The summed E-state index contributed by atoms with van der Waals surface area (Å²) in [5.41, 5.74) is 0.256. The fourth-order valence-electron chi connectivity index (χ4n) is 1.75. The Bertz CT molecular complexity index is 447. The van der Waals surface area contributed by atoms with Crippen LogP contribution >= 0.6 is 24.0 Å². The first kappa shape index (κ1) is 21.1. The van der Waals surface area contributed by atoms with Gasteiger partial charge < -0.3 is 20.5 Å². The number of nitrogens with one attached hydrogen (secondary N) is 2. The molecule has 0 heterocycles. The van der Waals surface area contributed by atoms with Crippen molar-refractivity contribution in [2.45, 2.75) is 20.0 Å². The van der Waals surface area contributed by atoms with Crippen molar-refractivity contribution in [3.05, 3.63) is 35.6 Å². The number of benzene rings is 1. The second kappa shape index (κ2) is 12.6. The summed E-state index contributed by atoms with van der Waals surface area (Å²) in [6.45, 7) is 6.55. The predicted molar refractivity (Wildman–Crippen MR) is 97.2 cm³/mol. The van der Waals surface area contributed by atoms with Crippen LogP contribution in [0.2, 0.25) is 0 Å². The van der Waals surface area contributed by atoms with Crippen LogP contribution in [0.5, 0.6) is 0 Å². The first-order chi connectivity index (χ1) is 10.2. The molecular formula is C15H25FIN3O2. The second-order valence-electron chi connectivity index (χ2n) is 4.38. The van der Waals surface area contributed by atoms with Crippen molar-refractivity contribution in [2.24, 2.45) is 4.99 Å². The number of guanidine groups is 1. The highest BCUT2D eigenvalue weighted by Gasteiger charge is 2.11. The number of hydrogen-bond acceptors (Lipinski definition) is 3. The molecule has 1 aromatic rings. The van der Waals surface area contributed by atoms with E-state index in [2.05, 4.69) is 15.6 Å². The molecule has 1 rings (SSSR count). The van der Waals surface area contributed by atoms with Gasteiger partial charge in [-0.3, -0.25) is 4.99 Å². The van der Waals surface area contributed by atoms with Gasteiger partial charge in [0.2, 0.25) is 0 Å². The van der Waals surface area contributed by atoms with Gasteiger partial charge in [0.1, 0.15) is 11.9 Å². The molecule has 0 amide bonds. The molecule has 0 aliphatic carbocycles. The Hall–Kier alpha value is -0.930. The Morgan fingerprint density at radius 3 is 2.68 bits per heavy atom. The van der Waals surface area contributed by atoms with Gasteiger partial charge in [-0.15, -0.1) is 24.0 Å². The molecule has 22 heavy (non-hydrogen) atoms. The molecule has 7 heteroatoms. The maximum atomic E-state index is 13.5. The zero-order valence-corrected chi connectivity index (χ0v) is 15.3. The van der Waals surface area contributed by atoms with Gasteiger partial charge in [0.05, 0.1) is 13.2 Å². The van der Waals surface area contributed by atoms with E-state index in [1.54, 1.807) is 18.2 Å². The van der Waals surface area contributed by atoms with E-state index in [0.29, 0.717) is 32.3 Å². The van der Waals surface area contributed by atoms with E-state index in [4.69, 9.17) is 4.74 Å². The van der Waals surface area contributed by atoms with Gasteiger partial charge in [-0.2, -0.15) is 0 Å². The highest BCUT2D eigenvalue weighted by atomic mass is 127. The molecule has 0 spiro atoms. The number of rotatable bonds is 8. The molecular weight excluding hydrogens is 400 g/mol. The summed E-state index contributed by atoms with van der Waals surface area (Å²) in [4.78, 5) is 4.25. The van der Waals surface area contributed by atoms with Crippen molar-refractivity contribution in [1.82, 2.24) is 10.6 Å². The third kappa shape index (κ3) is 7.90. The normalized spacial score (nSPS) is 12.5. The summed E-state index contributed by atoms with van der Waals surface area (Å²) in [6, 6.07) is 6.17. The van der Waals surface area contributed by atoms with E-state index in [-0.39, 0.29) is 36.1 Å². The topological polar surface area (TPSA) is 65.9 Å². The highest BCUT2D eigenvalue weighted by Crippen LogP contribution is 2.16. The molecule has 0 radical (unpaired) electrons. The van der Waals surface area contributed by atoms with Crippen molar-refractivity contribution in [3.8, 4) is 0 Å². The van der Waals surface area contributed by atoms with Crippen molar-refractivity contribution in [3.63, 3.8) is 0 Å². The maximum absolute atomic E-state index is 13.5. The SMILES string of the molecule is CCNC(=NCC(O)c1ccccc1F)NCCOCC.I. The Balaban J connectivity index is 0.00000441. The van der Waals surface area contributed by atoms with Crippen LogP contribution in [0, 0.1) is 5.82 Å². The molecule has 0 saturated carbocycles. The van der Waals surface area contributed by atoms with Crippen LogP contribution in [-0.4, -0.2) is 43.9 Å². The average molecular weight is 425 g/mol. The molecule has 1 unspecified atom stereocenters. The monoisotopic (exact) mass is 425 g/mol. The number of nitrogens with zero attached hydrogens (tertiary/aromatic N) is 1. The summed E-state index contributed by atoms with van der Waals surface area (Å²) in [5.74, 6) is 0.155. The van der Waals surface area contributed by atoms with Crippen LogP contribution in [0.25, 0.3) is 0 Å². The molecule has 0 aliphatic rings. The lowest BCUT2D eigenvalue weighted by molar-refractivity contribution is 0.152. The van der Waals surface area contributed by atoms with E-state index in [9.17, 15) is 9.50 Å². The molecule has 0 aromatic heterocycles. The first-order valence-electron chi connectivity index (χ1n) is 7.21. The number of halogens is 2. The van der Waals surface area contributed by atoms with Gasteiger partial charge in [-0.1, -0.05) is 18.2 Å². The Morgan fingerprint density at radius 2 is 2.05 bits per heavy atom. The molecule has 126 valence electrons. The van der Waals surface area contributed by atoms with E-state index >= 15 is 0 Å². The average Bonchev–Trinajstić information content (AvgIpc) is 2.49. The van der Waals surface area contributed by atoms with Gasteiger partial charge in [0, 0.05) is 25.3 Å². The predicted octanol–water partition coefficient (Wildman–Crippen LogP) is 2.07. The van der Waals surface area contributed by atoms with E-state index in [0.717, 1.165) is 0 Å². The zero-order chi connectivity index (χ0) is 15.5. The van der Waals surface area contributed by atoms with Gasteiger partial charge in [-0.25, -0.2) is 4.39 Å². The summed E-state index contributed by atoms with van der Waals surface area (Å²) in [5, 5.41) is 16.1. The minimum Gasteiger partial charge on any atom is -0.386 e. The maximum Gasteiger partial charge on any atom is 0.191 e. The molecule has 1 atom stereocenters. The lowest BCUT2D eigenvalue weighted by Crippen LogP contribution is -2.39. The summed E-state index contributed by atoms with van der Waals surface area (Å²) in [6.07, 6.45) is -0.964. The molecule has 0 fully saturated rings. The Morgan fingerprint density at radius 1 is 1.32 bits per heavy atom. The second-order valence-corrected chi connectivity index (χ2v) is 4.38. The van der Waals surface area contributed by atoms with Crippen molar-refractivity contribution >= 4 is 29.9 Å². The van der Waals surface area contributed by atoms with Crippen molar-refractivity contribution in [2.75, 3.05) is 32.8 Å². The molecule has 0 bridgehead atoms. The fraction of sp³-hybridized carbons (Fsp3) is 0.533. The van der Waals surface area contributed by atoms with Crippen LogP contribution < -0.4 is 10.6 Å². The van der Waals surface area contributed by atoms with E-state index in [1.165, 1.54) is 6.07 Å². The molecule has 3 N–H and O–H groups in total. The molecule has 0 aliphatic heterocycles. The highest BCUT2D eigenvalue weighted by molar-refractivity contribution is 14.0. The van der Waals surface area contributed by atoms with Crippen molar-refractivity contribution in [1.29, 1.82) is 0 Å². The third-order valence-electron chi connectivity index (χ3n) is 2.77. The number of aliphatic hydroxyl groups is 1. The van der Waals surface area contributed by atoms with Crippen LogP contribution in [0.1, 0.15) is 25.5 Å². The van der Waals surface area contributed by atoms with E-state index in [1.807, 2.05) is 13.8 Å². The van der Waals surface area contributed by atoms with Crippen LogP contribution in [0.3, 0.4) is 0 Å². The smallest absolute Gasteiger partial charge is 0.191 e. The van der Waals surface area contributed by atoms with Gasteiger partial charge in [0.15, 0.2) is 5.96 Å². The summed E-state index contributed by atoms with van der Waals surface area (Å²) >= 11 is 0. The fourth-order valence-corrected chi connectivity index (χ4v) is 1.75. The van der Waals surface area contributed by atoms with E-state index < -0.39 is 11.9 Å². The van der Waals surface area contributed by atoms with Gasteiger partial charge in [-0.05, 0) is 19.9 Å². The third-order valence-corrected chi connectivity index (χ3v) is 2.77. The molecule has 1 aromatic carbocycles. The minimum atomic E-state index is -0.964. The lowest BCUT2D eigenvalue weighted by Gasteiger charge is -2.13. The Kier molecular flexibility index (Phi) is 12.1. The largest absolute Gasteiger partial charge is 0.386 e. The first-order valence-corrected chi connectivity index (χ1v) is 7.21. The molecule has 5 nitrogen and oxygen atoms in total. The number of aliphatic imine (C=N–C) groups is 1. The molecule has 0 saturated heterocycles. The Labute approximate surface area is 148 Å². The van der Waals surface area contributed by atoms with Gasteiger partial charge in [0.25, 0.3) is 0 Å². The van der Waals surface area contributed by atoms with Crippen LogP contribution in [-0.2, 0) is 4.74 Å². The quantitative estimate of drug-likeness (QED) is 0.258. The zero-order valence-electron chi connectivity index (χ0n) is 13.0. The number of ether oxygens (including phenoxy) is 1. The van der Waals surface area contributed by atoms with Crippen molar-refractivity contribution < 1.29 is 14.2 Å². The van der Waals surface area contributed by atoms with Crippen LogP contribution in [0.15, 0.2) is 29.3 Å². The number of aliphatic hydroxyl groups excluding tert-OH is 1. The summed E-state index contributed by atoms with van der Waals surface area (Å²) < 4.78 is 18.8. The standard InChI is InChI=1S/C15H24FN3O2.HI/c1-3-17-15(18-9-10-21-4-2)19-11-14(20)12-7-5-6-8-13(12)16;/h5-8,14,20H,3-4,9-11H2,1-2H3,(H2,17,18,19);1H. The van der Waals surface area contributed by atoms with Gasteiger partial charge >= 0.3 is 0 Å². The summed E-state index contributed by atoms with van der Waals surface area (Å²) in [7, 11) is 0. The number of hydrogen-bond donors (Lipinski definition) is 3. The van der Waals surface area contributed by atoms with Crippen LogP contribution in [0.4, 0.5) is 4.39 Å². The minimum absolute atomic E-state index is 0.